The maximum Gasteiger partial charge on any atom is 0.202 e. The van der Waals surface area contributed by atoms with Gasteiger partial charge in [0, 0.05) is 36.5 Å². The maximum atomic E-state index is 4.37. The number of benzene rings is 1. The fourth-order valence-corrected chi connectivity index (χ4v) is 4.22. The Balaban J connectivity index is 1.86. The van der Waals surface area contributed by atoms with Gasteiger partial charge >= 0.3 is 0 Å². The van der Waals surface area contributed by atoms with Gasteiger partial charge in [0.1, 0.15) is 0 Å². The molecule has 19 heavy (non-hydrogen) atoms. The molecular weight excluding hydrogens is 254 g/mol. The van der Waals surface area contributed by atoms with Gasteiger partial charge in [0.2, 0.25) is 5.95 Å². The molecule has 1 aromatic carbocycles. The molecule has 4 heteroatoms. The SMILES string of the molecule is Cc1cccc(C)c1C1CN(c2ncc[nH]2)CCS1. The topological polar surface area (TPSA) is 31.9 Å². The molecule has 1 fully saturated rings. The zero-order valence-electron chi connectivity index (χ0n) is 11.4. The number of aromatic amines is 1. The van der Waals surface area contributed by atoms with Crippen LogP contribution in [0.5, 0.6) is 0 Å². The number of nitrogens with one attached hydrogen (secondary N) is 1. The standard InChI is InChI=1S/C15H19N3S/c1-11-4-3-5-12(2)14(11)13-10-18(8-9-19-13)15-16-6-7-17-15/h3-7,13H,8-10H2,1-2H3,(H,16,17). The number of aromatic nitrogens is 2. The summed E-state index contributed by atoms with van der Waals surface area (Å²) in [6.07, 6.45) is 3.72. The molecule has 1 unspecified atom stereocenters. The first-order chi connectivity index (χ1) is 9.25. The van der Waals surface area contributed by atoms with Crippen LogP contribution in [0.25, 0.3) is 0 Å². The first-order valence-electron chi connectivity index (χ1n) is 6.68. The van der Waals surface area contributed by atoms with Crippen LogP contribution in [0.1, 0.15) is 21.9 Å². The summed E-state index contributed by atoms with van der Waals surface area (Å²) >= 11 is 2.06. The van der Waals surface area contributed by atoms with Crippen molar-refractivity contribution in [1.82, 2.24) is 9.97 Å². The lowest BCUT2D eigenvalue weighted by Crippen LogP contribution is -2.35. The van der Waals surface area contributed by atoms with E-state index in [1.54, 1.807) is 0 Å². The third-order valence-corrected chi connectivity index (χ3v) is 4.92. The molecule has 0 radical (unpaired) electrons. The van der Waals surface area contributed by atoms with Gasteiger partial charge in [-0.05, 0) is 30.5 Å². The van der Waals surface area contributed by atoms with Gasteiger partial charge in [-0.15, -0.1) is 0 Å². The Labute approximate surface area is 118 Å². The number of thioether (sulfide) groups is 1. The van der Waals surface area contributed by atoms with Crippen LogP contribution in [0.15, 0.2) is 30.6 Å². The summed E-state index contributed by atoms with van der Waals surface area (Å²) in [5, 5.41) is 0.542. The molecule has 1 aliphatic heterocycles. The van der Waals surface area contributed by atoms with E-state index >= 15 is 0 Å². The summed E-state index contributed by atoms with van der Waals surface area (Å²) in [5.74, 6) is 2.15. The maximum absolute atomic E-state index is 4.37. The normalized spacial score (nSPS) is 19.7. The third-order valence-electron chi connectivity index (χ3n) is 3.71. The highest BCUT2D eigenvalue weighted by atomic mass is 32.2. The summed E-state index contributed by atoms with van der Waals surface area (Å²) in [6.45, 7) is 6.53. The van der Waals surface area contributed by atoms with Gasteiger partial charge in [-0.25, -0.2) is 4.98 Å². The lowest BCUT2D eigenvalue weighted by molar-refractivity contribution is 0.750. The molecule has 1 saturated heterocycles. The van der Waals surface area contributed by atoms with Crippen LogP contribution in [-0.2, 0) is 0 Å². The highest BCUT2D eigenvalue weighted by Gasteiger charge is 2.25. The van der Waals surface area contributed by atoms with Crippen molar-refractivity contribution in [3.63, 3.8) is 0 Å². The first-order valence-corrected chi connectivity index (χ1v) is 7.72. The quantitative estimate of drug-likeness (QED) is 0.911. The summed E-state index contributed by atoms with van der Waals surface area (Å²) in [5.41, 5.74) is 4.31. The molecule has 0 aliphatic carbocycles. The molecule has 1 aliphatic rings. The van der Waals surface area contributed by atoms with Crippen molar-refractivity contribution in [1.29, 1.82) is 0 Å². The van der Waals surface area contributed by atoms with Crippen molar-refractivity contribution < 1.29 is 0 Å². The molecule has 100 valence electrons. The molecule has 2 heterocycles. The average molecular weight is 273 g/mol. The molecule has 1 atom stereocenters. The second kappa shape index (κ2) is 5.29. The van der Waals surface area contributed by atoms with E-state index in [0.29, 0.717) is 5.25 Å². The minimum absolute atomic E-state index is 0.542. The van der Waals surface area contributed by atoms with Crippen LogP contribution in [0.3, 0.4) is 0 Å². The number of aryl methyl sites for hydroxylation is 2. The predicted octanol–water partition coefficient (Wildman–Crippen LogP) is 3.32. The van der Waals surface area contributed by atoms with E-state index in [1.807, 2.05) is 12.4 Å². The largest absolute Gasteiger partial charge is 0.340 e. The molecule has 3 rings (SSSR count). The number of hydrogen-bond acceptors (Lipinski definition) is 3. The Morgan fingerprint density at radius 3 is 2.79 bits per heavy atom. The van der Waals surface area contributed by atoms with Crippen LogP contribution in [0, 0.1) is 13.8 Å². The summed E-state index contributed by atoms with van der Waals surface area (Å²) < 4.78 is 0. The lowest BCUT2D eigenvalue weighted by Gasteiger charge is -2.33. The van der Waals surface area contributed by atoms with Crippen molar-refractivity contribution in [3.8, 4) is 0 Å². The van der Waals surface area contributed by atoms with Crippen LogP contribution in [-0.4, -0.2) is 28.8 Å². The molecule has 0 bridgehead atoms. The van der Waals surface area contributed by atoms with E-state index in [9.17, 15) is 0 Å². The first kappa shape index (κ1) is 12.6. The number of anilines is 1. The van der Waals surface area contributed by atoms with E-state index in [1.165, 1.54) is 16.7 Å². The van der Waals surface area contributed by atoms with Crippen LogP contribution in [0.4, 0.5) is 5.95 Å². The molecule has 2 aromatic rings. The molecule has 0 saturated carbocycles. The minimum atomic E-state index is 0.542. The van der Waals surface area contributed by atoms with E-state index in [2.05, 4.69) is 58.7 Å². The smallest absolute Gasteiger partial charge is 0.202 e. The Kier molecular flexibility index (Phi) is 3.51. The molecule has 0 amide bonds. The van der Waals surface area contributed by atoms with E-state index in [-0.39, 0.29) is 0 Å². The molecule has 1 aromatic heterocycles. The van der Waals surface area contributed by atoms with Crippen molar-refractivity contribution in [2.45, 2.75) is 19.1 Å². The molecule has 1 N–H and O–H groups in total. The number of H-pyrrole nitrogens is 1. The van der Waals surface area contributed by atoms with Gasteiger partial charge < -0.3 is 9.88 Å². The van der Waals surface area contributed by atoms with Gasteiger partial charge in [-0.1, -0.05) is 18.2 Å². The second-order valence-corrected chi connectivity index (χ2v) is 6.33. The fourth-order valence-electron chi connectivity index (χ4n) is 2.78. The number of imidazole rings is 1. The van der Waals surface area contributed by atoms with Crippen molar-refractivity contribution in [3.05, 3.63) is 47.3 Å². The summed E-state index contributed by atoms with van der Waals surface area (Å²) in [7, 11) is 0. The van der Waals surface area contributed by atoms with Crippen LogP contribution >= 0.6 is 11.8 Å². The van der Waals surface area contributed by atoms with E-state index < -0.39 is 0 Å². The Morgan fingerprint density at radius 2 is 2.11 bits per heavy atom. The van der Waals surface area contributed by atoms with Crippen molar-refractivity contribution in [2.75, 3.05) is 23.7 Å². The van der Waals surface area contributed by atoms with Gasteiger partial charge in [-0.3, -0.25) is 0 Å². The van der Waals surface area contributed by atoms with Crippen LogP contribution in [0.2, 0.25) is 0 Å². The number of hydrogen-bond donors (Lipinski definition) is 1. The fraction of sp³-hybridized carbons (Fsp3) is 0.400. The average Bonchev–Trinajstić information content (AvgIpc) is 2.93. The summed E-state index contributed by atoms with van der Waals surface area (Å²) in [4.78, 5) is 9.94. The number of nitrogens with zero attached hydrogens (tertiary/aromatic N) is 2. The van der Waals surface area contributed by atoms with Gasteiger partial charge in [0.25, 0.3) is 0 Å². The molecule has 0 spiro atoms. The van der Waals surface area contributed by atoms with Gasteiger partial charge in [0.15, 0.2) is 0 Å². The monoisotopic (exact) mass is 273 g/mol. The predicted molar refractivity (Wildman–Crippen MR) is 81.9 cm³/mol. The second-order valence-electron chi connectivity index (χ2n) is 5.02. The lowest BCUT2D eigenvalue weighted by atomic mass is 9.99. The Morgan fingerprint density at radius 1 is 1.32 bits per heavy atom. The Bertz CT molecular complexity index is 530. The number of rotatable bonds is 2. The van der Waals surface area contributed by atoms with Crippen molar-refractivity contribution in [2.24, 2.45) is 0 Å². The Hall–Kier alpha value is -1.42. The highest BCUT2D eigenvalue weighted by molar-refractivity contribution is 7.99. The van der Waals surface area contributed by atoms with Gasteiger partial charge in [0.05, 0.1) is 0 Å². The van der Waals surface area contributed by atoms with Crippen LogP contribution < -0.4 is 4.90 Å². The molecule has 3 nitrogen and oxygen atoms in total. The van der Waals surface area contributed by atoms with E-state index in [4.69, 9.17) is 0 Å². The zero-order chi connectivity index (χ0) is 13.2. The van der Waals surface area contributed by atoms with E-state index in [0.717, 1.165) is 24.8 Å². The summed E-state index contributed by atoms with van der Waals surface area (Å²) in [6, 6.07) is 6.58. The third kappa shape index (κ3) is 2.50. The minimum Gasteiger partial charge on any atom is -0.340 e. The highest BCUT2D eigenvalue weighted by Crippen LogP contribution is 2.37. The van der Waals surface area contributed by atoms with Crippen molar-refractivity contribution >= 4 is 17.7 Å². The zero-order valence-corrected chi connectivity index (χ0v) is 12.2. The van der Waals surface area contributed by atoms with Gasteiger partial charge in [-0.2, -0.15) is 11.8 Å². The molecular formula is C15H19N3S.